The van der Waals surface area contributed by atoms with Crippen molar-refractivity contribution < 1.29 is 19.4 Å². The van der Waals surface area contributed by atoms with Gasteiger partial charge in [-0.25, -0.2) is 4.98 Å². The Morgan fingerprint density at radius 3 is 2.73 bits per heavy atom. The van der Waals surface area contributed by atoms with Crippen LogP contribution in [-0.4, -0.2) is 96.0 Å². The average Bonchev–Trinajstić information content (AvgIpc) is 2.84. The molecule has 2 aliphatic rings. The third-order valence-electron chi connectivity index (χ3n) is 6.10. The van der Waals surface area contributed by atoms with Gasteiger partial charge in [0.15, 0.2) is 6.61 Å². The Balaban J connectivity index is 1.25. The molecule has 3 heterocycles. The van der Waals surface area contributed by atoms with Crippen molar-refractivity contribution in [3.8, 4) is 5.75 Å². The summed E-state index contributed by atoms with van der Waals surface area (Å²) in [6.07, 6.45) is 6.76. The number of carbonyl (C=O) groups is 1. The van der Waals surface area contributed by atoms with E-state index in [9.17, 15) is 9.90 Å². The van der Waals surface area contributed by atoms with Gasteiger partial charge in [-0.05, 0) is 37.6 Å². The van der Waals surface area contributed by atoms with E-state index in [1.165, 1.54) is 0 Å². The van der Waals surface area contributed by atoms with Crippen molar-refractivity contribution in [3.63, 3.8) is 0 Å². The second-order valence-electron chi connectivity index (χ2n) is 8.91. The molecule has 0 spiro atoms. The van der Waals surface area contributed by atoms with E-state index < -0.39 is 5.60 Å². The van der Waals surface area contributed by atoms with E-state index in [1.807, 2.05) is 31.3 Å². The molecule has 1 N–H and O–H groups in total. The summed E-state index contributed by atoms with van der Waals surface area (Å²) in [5.74, 6) is 1.47. The molecule has 1 aromatic carbocycles. The Bertz CT molecular complexity index is 891. The van der Waals surface area contributed by atoms with Crippen molar-refractivity contribution in [2.45, 2.75) is 25.0 Å². The lowest BCUT2D eigenvalue weighted by molar-refractivity contribution is -0.137. The highest BCUT2D eigenvalue weighted by Gasteiger charge is 2.34. The van der Waals surface area contributed by atoms with Crippen molar-refractivity contribution in [1.29, 1.82) is 0 Å². The molecule has 178 valence electrons. The minimum absolute atomic E-state index is 0.0154. The van der Waals surface area contributed by atoms with Gasteiger partial charge in [0.25, 0.3) is 5.91 Å². The number of ether oxygens (including phenoxy) is 2. The number of rotatable bonds is 8. The molecule has 0 aliphatic carbocycles. The third-order valence-corrected chi connectivity index (χ3v) is 6.10. The molecule has 2 aliphatic heterocycles. The number of hydrogen-bond donors (Lipinski definition) is 1. The maximum atomic E-state index is 12.2. The topological polar surface area (TPSA) is 91.3 Å². The number of morpholine rings is 1. The number of hydrogen-bond acceptors (Lipinski definition) is 8. The summed E-state index contributed by atoms with van der Waals surface area (Å²) in [6, 6.07) is 7.78. The molecule has 2 aromatic rings. The smallest absolute Gasteiger partial charge is 0.260 e. The van der Waals surface area contributed by atoms with E-state index in [-0.39, 0.29) is 12.5 Å². The van der Waals surface area contributed by atoms with Crippen LogP contribution in [0.15, 0.2) is 42.9 Å². The van der Waals surface area contributed by atoms with E-state index in [2.05, 4.69) is 19.8 Å². The number of carbonyl (C=O) groups excluding carboxylic acids is 1. The molecule has 9 heteroatoms. The number of anilines is 1. The summed E-state index contributed by atoms with van der Waals surface area (Å²) in [7, 11) is 2.02. The number of piperidine rings is 1. The molecule has 33 heavy (non-hydrogen) atoms. The van der Waals surface area contributed by atoms with Crippen LogP contribution in [0.4, 0.5) is 5.82 Å². The van der Waals surface area contributed by atoms with Gasteiger partial charge in [-0.15, -0.1) is 0 Å². The van der Waals surface area contributed by atoms with Gasteiger partial charge >= 0.3 is 0 Å². The Kier molecular flexibility index (Phi) is 7.74. The van der Waals surface area contributed by atoms with Crippen molar-refractivity contribution >= 4 is 11.7 Å². The minimum atomic E-state index is -0.798. The van der Waals surface area contributed by atoms with Crippen molar-refractivity contribution in [2.24, 2.45) is 0 Å². The van der Waals surface area contributed by atoms with Crippen LogP contribution in [0.2, 0.25) is 0 Å². The van der Waals surface area contributed by atoms with Gasteiger partial charge in [0.1, 0.15) is 11.6 Å². The summed E-state index contributed by atoms with van der Waals surface area (Å²) in [5, 5.41) is 11.2. The van der Waals surface area contributed by atoms with E-state index in [0.717, 1.165) is 30.8 Å². The Morgan fingerprint density at radius 2 is 2.00 bits per heavy atom. The van der Waals surface area contributed by atoms with Gasteiger partial charge in [0.2, 0.25) is 0 Å². The third kappa shape index (κ3) is 6.63. The first kappa shape index (κ1) is 23.4. The molecule has 4 rings (SSSR count). The highest BCUT2D eigenvalue weighted by Crippen LogP contribution is 2.25. The summed E-state index contributed by atoms with van der Waals surface area (Å²) in [5.41, 5.74) is 0.322. The summed E-state index contributed by atoms with van der Waals surface area (Å²) < 4.78 is 10.9. The van der Waals surface area contributed by atoms with E-state index in [1.54, 1.807) is 23.5 Å². The molecule has 2 fully saturated rings. The van der Waals surface area contributed by atoms with Crippen LogP contribution in [0.3, 0.4) is 0 Å². The molecule has 2 saturated heterocycles. The lowest BCUT2D eigenvalue weighted by Gasteiger charge is -2.41. The second-order valence-corrected chi connectivity index (χ2v) is 8.91. The van der Waals surface area contributed by atoms with Crippen LogP contribution in [0, 0.1) is 0 Å². The highest BCUT2D eigenvalue weighted by molar-refractivity contribution is 5.77. The number of amides is 1. The fourth-order valence-electron chi connectivity index (χ4n) is 4.50. The van der Waals surface area contributed by atoms with Gasteiger partial charge in [-0.2, -0.15) is 0 Å². The Hall–Kier alpha value is -2.75. The van der Waals surface area contributed by atoms with Gasteiger partial charge in [-0.3, -0.25) is 14.7 Å². The standard InChI is InChI=1S/C24H33N5O4/c1-27(18-24(31)7-2-10-29(19-24)22-15-25-8-9-26-22)16-20-3-5-21(6-4-20)33-17-23(30)28-11-13-32-14-12-28/h3-6,8-9,15,31H,2,7,10-14,16-19H2,1H3/t24-/m1/s1. The molecular weight excluding hydrogens is 422 g/mol. The molecule has 1 amide bonds. The zero-order valence-electron chi connectivity index (χ0n) is 19.2. The van der Waals surface area contributed by atoms with Crippen LogP contribution in [-0.2, 0) is 16.1 Å². The fraction of sp³-hybridized carbons (Fsp3) is 0.542. The lowest BCUT2D eigenvalue weighted by Crippen LogP contribution is -2.54. The van der Waals surface area contributed by atoms with E-state index in [4.69, 9.17) is 9.47 Å². The summed E-state index contributed by atoms with van der Waals surface area (Å²) in [4.78, 5) is 26.8. The second kappa shape index (κ2) is 10.9. The number of nitrogens with zero attached hydrogens (tertiary/aromatic N) is 5. The lowest BCUT2D eigenvalue weighted by atomic mass is 9.92. The number of β-amino-alcohol motifs (C(OH)–C–C–N with tert-alkyl or cyclic N) is 1. The minimum Gasteiger partial charge on any atom is -0.484 e. The molecular formula is C24H33N5O4. The maximum Gasteiger partial charge on any atom is 0.260 e. The normalized spacial score (nSPS) is 21.3. The van der Waals surface area contributed by atoms with Crippen LogP contribution in [0.25, 0.3) is 0 Å². The van der Waals surface area contributed by atoms with Crippen LogP contribution >= 0.6 is 0 Å². The molecule has 0 unspecified atom stereocenters. The largest absolute Gasteiger partial charge is 0.484 e. The van der Waals surface area contributed by atoms with Gasteiger partial charge < -0.3 is 24.4 Å². The summed E-state index contributed by atoms with van der Waals surface area (Å²) in [6.45, 7) is 5.14. The van der Waals surface area contributed by atoms with Crippen LogP contribution in [0.1, 0.15) is 18.4 Å². The van der Waals surface area contributed by atoms with Crippen molar-refractivity contribution in [3.05, 3.63) is 48.4 Å². The van der Waals surface area contributed by atoms with Gasteiger partial charge in [0, 0.05) is 51.7 Å². The molecule has 0 radical (unpaired) electrons. The molecule has 9 nitrogen and oxygen atoms in total. The molecule has 1 atom stereocenters. The van der Waals surface area contributed by atoms with Crippen LogP contribution < -0.4 is 9.64 Å². The quantitative estimate of drug-likeness (QED) is 0.635. The fourth-order valence-corrected chi connectivity index (χ4v) is 4.50. The Morgan fingerprint density at radius 1 is 1.21 bits per heavy atom. The number of likely N-dealkylation sites (N-methyl/N-ethyl adjacent to an activating group) is 1. The average molecular weight is 456 g/mol. The molecule has 0 saturated carbocycles. The first-order valence-corrected chi connectivity index (χ1v) is 11.5. The number of aliphatic hydroxyl groups is 1. The van der Waals surface area contributed by atoms with E-state index >= 15 is 0 Å². The van der Waals surface area contributed by atoms with Crippen molar-refractivity contribution in [2.75, 3.05) is 64.5 Å². The monoisotopic (exact) mass is 455 g/mol. The Labute approximate surface area is 194 Å². The van der Waals surface area contributed by atoms with Gasteiger partial charge in [-0.1, -0.05) is 12.1 Å². The first-order chi connectivity index (χ1) is 16.0. The zero-order valence-corrected chi connectivity index (χ0v) is 19.2. The molecule has 0 bridgehead atoms. The predicted octanol–water partition coefficient (Wildman–Crippen LogP) is 1.18. The highest BCUT2D eigenvalue weighted by atomic mass is 16.5. The summed E-state index contributed by atoms with van der Waals surface area (Å²) >= 11 is 0. The van der Waals surface area contributed by atoms with E-state index in [0.29, 0.717) is 51.7 Å². The van der Waals surface area contributed by atoms with Crippen molar-refractivity contribution in [1.82, 2.24) is 19.8 Å². The SMILES string of the molecule is CN(Cc1ccc(OCC(=O)N2CCOCC2)cc1)C[C@]1(O)CCCN(c2cnccn2)C1. The number of benzene rings is 1. The number of aromatic nitrogens is 2. The maximum absolute atomic E-state index is 12.2. The van der Waals surface area contributed by atoms with Crippen LogP contribution in [0.5, 0.6) is 5.75 Å². The first-order valence-electron chi connectivity index (χ1n) is 11.5. The predicted molar refractivity (Wildman–Crippen MR) is 124 cm³/mol. The zero-order chi connectivity index (χ0) is 23.1. The van der Waals surface area contributed by atoms with Gasteiger partial charge in [0.05, 0.1) is 25.0 Å². The molecule has 1 aromatic heterocycles.